The van der Waals surface area contributed by atoms with Crippen molar-refractivity contribution in [2.75, 3.05) is 0 Å². The van der Waals surface area contributed by atoms with Gasteiger partial charge in [-0.1, -0.05) is 30.9 Å². The minimum atomic E-state index is 0.163. The zero-order valence-corrected chi connectivity index (χ0v) is 11.0. The number of oxazole rings is 1. The molecule has 1 aliphatic carbocycles. The first-order valence-electron chi connectivity index (χ1n) is 6.55. The van der Waals surface area contributed by atoms with E-state index in [4.69, 9.17) is 21.8 Å². The van der Waals surface area contributed by atoms with Crippen LogP contribution in [0.4, 0.5) is 0 Å². The largest absolute Gasteiger partial charge is 0.440 e. The summed E-state index contributed by atoms with van der Waals surface area (Å²) in [6, 6.07) is 5.71. The second-order valence-electron chi connectivity index (χ2n) is 5.07. The molecule has 0 bridgehead atoms. The maximum absolute atomic E-state index is 6.24. The van der Waals surface area contributed by atoms with Gasteiger partial charge >= 0.3 is 0 Å². The Balaban J connectivity index is 1.97. The standard InChI is InChI=1S/C14H17ClN2O/c15-9-6-7-12-13(8-9)18-14(17-12)10-4-2-1-3-5-11(10)16/h6-8,10-11H,1-5,16H2. The van der Waals surface area contributed by atoms with Crippen LogP contribution in [0.1, 0.15) is 43.9 Å². The van der Waals surface area contributed by atoms with E-state index in [1.807, 2.05) is 18.2 Å². The average molecular weight is 265 g/mol. The summed E-state index contributed by atoms with van der Waals surface area (Å²) in [5.74, 6) is 1.03. The molecule has 1 saturated carbocycles. The van der Waals surface area contributed by atoms with E-state index in [0.717, 1.165) is 29.8 Å². The van der Waals surface area contributed by atoms with Crippen molar-refractivity contribution in [3.8, 4) is 0 Å². The minimum Gasteiger partial charge on any atom is -0.440 e. The van der Waals surface area contributed by atoms with Gasteiger partial charge in [-0.15, -0.1) is 0 Å². The molecule has 4 heteroatoms. The number of nitrogens with two attached hydrogens (primary N) is 1. The predicted molar refractivity (Wildman–Crippen MR) is 72.8 cm³/mol. The van der Waals surface area contributed by atoms with E-state index in [2.05, 4.69) is 4.98 Å². The number of fused-ring (bicyclic) bond motifs is 1. The first kappa shape index (κ1) is 12.0. The van der Waals surface area contributed by atoms with Gasteiger partial charge in [-0.2, -0.15) is 0 Å². The van der Waals surface area contributed by atoms with Crippen molar-refractivity contribution in [2.24, 2.45) is 5.73 Å². The summed E-state index contributed by atoms with van der Waals surface area (Å²) >= 11 is 5.96. The maximum Gasteiger partial charge on any atom is 0.200 e. The molecule has 1 aromatic heterocycles. The highest BCUT2D eigenvalue weighted by atomic mass is 35.5. The van der Waals surface area contributed by atoms with Gasteiger partial charge in [-0.05, 0) is 25.0 Å². The third kappa shape index (κ3) is 2.25. The van der Waals surface area contributed by atoms with E-state index in [9.17, 15) is 0 Å². The summed E-state index contributed by atoms with van der Waals surface area (Å²) < 4.78 is 5.84. The van der Waals surface area contributed by atoms with Gasteiger partial charge in [0.05, 0.1) is 5.92 Å². The number of halogens is 1. The molecule has 1 fully saturated rings. The van der Waals surface area contributed by atoms with Crippen LogP contribution in [0.3, 0.4) is 0 Å². The number of aromatic nitrogens is 1. The fourth-order valence-electron chi connectivity index (χ4n) is 2.72. The van der Waals surface area contributed by atoms with Gasteiger partial charge in [0.15, 0.2) is 11.5 Å². The summed E-state index contributed by atoms with van der Waals surface area (Å²) in [7, 11) is 0. The zero-order valence-electron chi connectivity index (χ0n) is 10.2. The van der Waals surface area contributed by atoms with Gasteiger partial charge in [-0.25, -0.2) is 4.98 Å². The van der Waals surface area contributed by atoms with Crippen LogP contribution in [0.2, 0.25) is 5.02 Å². The molecule has 2 N–H and O–H groups in total. The highest BCUT2D eigenvalue weighted by molar-refractivity contribution is 6.31. The molecule has 0 saturated heterocycles. The average Bonchev–Trinajstić information content (AvgIpc) is 2.63. The summed E-state index contributed by atoms with van der Waals surface area (Å²) in [6.45, 7) is 0. The van der Waals surface area contributed by atoms with Crippen LogP contribution in [0, 0.1) is 0 Å². The SMILES string of the molecule is NC1CCCCCC1c1nc2ccc(Cl)cc2o1. The number of benzene rings is 1. The molecule has 0 amide bonds. The van der Waals surface area contributed by atoms with Crippen LogP contribution in [-0.4, -0.2) is 11.0 Å². The Bertz CT molecular complexity index is 552. The topological polar surface area (TPSA) is 52.0 Å². The Kier molecular flexibility index (Phi) is 3.27. The van der Waals surface area contributed by atoms with E-state index in [-0.39, 0.29) is 12.0 Å². The second-order valence-corrected chi connectivity index (χ2v) is 5.51. The predicted octanol–water partition coefficient (Wildman–Crippen LogP) is 3.86. The smallest absolute Gasteiger partial charge is 0.200 e. The van der Waals surface area contributed by atoms with E-state index in [0.29, 0.717) is 5.02 Å². The lowest BCUT2D eigenvalue weighted by atomic mass is 9.95. The molecule has 2 aromatic rings. The number of nitrogens with zero attached hydrogens (tertiary/aromatic N) is 1. The molecule has 1 aromatic carbocycles. The molecule has 96 valence electrons. The van der Waals surface area contributed by atoms with Crippen molar-refractivity contribution >= 4 is 22.7 Å². The Morgan fingerprint density at radius 1 is 1.22 bits per heavy atom. The van der Waals surface area contributed by atoms with E-state index >= 15 is 0 Å². The second kappa shape index (κ2) is 4.90. The number of rotatable bonds is 1. The van der Waals surface area contributed by atoms with Gasteiger partial charge in [0.1, 0.15) is 5.52 Å². The number of hydrogen-bond acceptors (Lipinski definition) is 3. The van der Waals surface area contributed by atoms with Crippen LogP contribution in [0.5, 0.6) is 0 Å². The van der Waals surface area contributed by atoms with Crippen LogP contribution in [0.15, 0.2) is 22.6 Å². The minimum absolute atomic E-state index is 0.163. The first-order chi connectivity index (χ1) is 8.74. The van der Waals surface area contributed by atoms with Crippen molar-refractivity contribution in [1.82, 2.24) is 4.98 Å². The Morgan fingerprint density at radius 3 is 2.94 bits per heavy atom. The van der Waals surface area contributed by atoms with E-state index in [1.54, 1.807) is 0 Å². The molecule has 0 aliphatic heterocycles. The lowest BCUT2D eigenvalue weighted by Gasteiger charge is -2.17. The van der Waals surface area contributed by atoms with Gasteiger partial charge in [-0.3, -0.25) is 0 Å². The van der Waals surface area contributed by atoms with Crippen molar-refractivity contribution in [1.29, 1.82) is 0 Å². The highest BCUT2D eigenvalue weighted by Crippen LogP contribution is 2.32. The summed E-state index contributed by atoms with van der Waals surface area (Å²) in [4.78, 5) is 4.56. The monoisotopic (exact) mass is 264 g/mol. The molecular formula is C14H17ClN2O. The van der Waals surface area contributed by atoms with Crippen LogP contribution in [0.25, 0.3) is 11.1 Å². The third-order valence-electron chi connectivity index (χ3n) is 3.75. The van der Waals surface area contributed by atoms with E-state index < -0.39 is 0 Å². The molecule has 0 radical (unpaired) electrons. The van der Waals surface area contributed by atoms with Crippen molar-refractivity contribution in [3.63, 3.8) is 0 Å². The molecule has 1 aliphatic rings. The number of hydrogen-bond donors (Lipinski definition) is 1. The molecule has 18 heavy (non-hydrogen) atoms. The van der Waals surface area contributed by atoms with Crippen molar-refractivity contribution < 1.29 is 4.42 Å². The van der Waals surface area contributed by atoms with Gasteiger partial charge in [0, 0.05) is 17.1 Å². The van der Waals surface area contributed by atoms with Gasteiger partial charge in [0.2, 0.25) is 0 Å². The molecule has 0 spiro atoms. The van der Waals surface area contributed by atoms with Crippen molar-refractivity contribution in [2.45, 2.75) is 44.1 Å². The van der Waals surface area contributed by atoms with Crippen molar-refractivity contribution in [3.05, 3.63) is 29.1 Å². The summed E-state index contributed by atoms with van der Waals surface area (Å²) in [5.41, 5.74) is 7.86. The zero-order chi connectivity index (χ0) is 12.5. The Hall–Kier alpha value is -1.06. The molecule has 2 unspecified atom stereocenters. The van der Waals surface area contributed by atoms with Crippen LogP contribution in [-0.2, 0) is 0 Å². The third-order valence-corrected chi connectivity index (χ3v) is 3.99. The molecule has 2 atom stereocenters. The lowest BCUT2D eigenvalue weighted by Crippen LogP contribution is -2.27. The van der Waals surface area contributed by atoms with Gasteiger partial charge < -0.3 is 10.2 Å². The molecular weight excluding hydrogens is 248 g/mol. The fourth-order valence-corrected chi connectivity index (χ4v) is 2.88. The normalized spacial score (nSPS) is 25.2. The fraction of sp³-hybridized carbons (Fsp3) is 0.500. The Morgan fingerprint density at radius 2 is 2.06 bits per heavy atom. The molecule has 1 heterocycles. The highest BCUT2D eigenvalue weighted by Gasteiger charge is 2.26. The summed E-state index contributed by atoms with van der Waals surface area (Å²) in [6.07, 6.45) is 5.81. The van der Waals surface area contributed by atoms with Gasteiger partial charge in [0.25, 0.3) is 0 Å². The van der Waals surface area contributed by atoms with E-state index in [1.165, 1.54) is 19.3 Å². The Labute approximate surface area is 111 Å². The van der Waals surface area contributed by atoms with Crippen LogP contribution < -0.4 is 5.73 Å². The van der Waals surface area contributed by atoms with Crippen LogP contribution >= 0.6 is 11.6 Å². The molecule has 3 rings (SSSR count). The first-order valence-corrected chi connectivity index (χ1v) is 6.93. The maximum atomic E-state index is 6.24. The quantitative estimate of drug-likeness (QED) is 0.796. The summed E-state index contributed by atoms with van der Waals surface area (Å²) in [5, 5.41) is 0.676. The lowest BCUT2D eigenvalue weighted by molar-refractivity contribution is 0.402. The molecule has 3 nitrogen and oxygen atoms in total.